The van der Waals surface area contributed by atoms with Crippen LogP contribution in [0.15, 0.2) is 36.5 Å². The highest BCUT2D eigenvalue weighted by atomic mass is 32.2. The van der Waals surface area contributed by atoms with Gasteiger partial charge in [0.2, 0.25) is 5.88 Å². The largest absolute Gasteiger partial charge is 0.760 e. The number of ether oxygens (including phenoxy) is 1. The molecule has 0 aliphatic carbocycles. The second kappa shape index (κ2) is 9.12. The molecule has 0 radical (unpaired) electrons. The first-order valence-corrected chi connectivity index (χ1v) is 9.62. The molecule has 0 saturated heterocycles. The van der Waals surface area contributed by atoms with E-state index in [0.717, 1.165) is 6.07 Å². The number of nitrogens with one attached hydrogen (secondary N) is 1. The smallest absolute Gasteiger partial charge is 0.232 e. The third-order valence-corrected chi connectivity index (χ3v) is 4.63. The van der Waals surface area contributed by atoms with Crippen molar-refractivity contribution in [3.63, 3.8) is 0 Å². The van der Waals surface area contributed by atoms with E-state index < -0.39 is 34.2 Å². The van der Waals surface area contributed by atoms with Gasteiger partial charge in [0.1, 0.15) is 0 Å². The lowest BCUT2D eigenvalue weighted by molar-refractivity contribution is 0.103. The standard InChI is InChI=1S/C19H17F2N3O4S/c1-28-17-10-22-15-5-4-12(9-16(15)24-17)19(25)13-7-11(8-14(20)18(13)21)3-2-6-23-29(26)27/h4-5,7-10,23H,2-3,6H2,1H3,(H,26,27)/p-1. The quantitative estimate of drug-likeness (QED) is 0.341. The Morgan fingerprint density at radius 3 is 2.76 bits per heavy atom. The topological polar surface area (TPSA) is 104 Å². The second-order valence-electron chi connectivity index (χ2n) is 6.12. The maximum absolute atomic E-state index is 14.3. The zero-order valence-electron chi connectivity index (χ0n) is 15.3. The minimum Gasteiger partial charge on any atom is -0.760 e. The highest BCUT2D eigenvalue weighted by molar-refractivity contribution is 7.77. The number of hydrogen-bond donors (Lipinski definition) is 1. The molecule has 3 aromatic rings. The van der Waals surface area contributed by atoms with Crippen molar-refractivity contribution in [2.75, 3.05) is 13.7 Å². The molecule has 0 aliphatic rings. The fraction of sp³-hybridized carbons (Fsp3) is 0.211. The van der Waals surface area contributed by atoms with Crippen molar-refractivity contribution in [3.8, 4) is 5.88 Å². The van der Waals surface area contributed by atoms with Gasteiger partial charge in [-0.1, -0.05) is 0 Å². The van der Waals surface area contributed by atoms with E-state index in [0.29, 0.717) is 23.0 Å². The predicted octanol–water partition coefficient (Wildman–Crippen LogP) is 2.46. The number of aryl methyl sites for hydroxylation is 1. The Kier molecular flexibility index (Phi) is 6.57. The molecule has 0 fully saturated rings. The van der Waals surface area contributed by atoms with Crippen LogP contribution >= 0.6 is 0 Å². The minimum atomic E-state index is -2.39. The van der Waals surface area contributed by atoms with Crippen molar-refractivity contribution in [2.24, 2.45) is 0 Å². The predicted molar refractivity (Wildman–Crippen MR) is 101 cm³/mol. The molecule has 0 aliphatic heterocycles. The van der Waals surface area contributed by atoms with Crippen molar-refractivity contribution >= 4 is 28.1 Å². The van der Waals surface area contributed by atoms with Gasteiger partial charge in [0.05, 0.1) is 29.9 Å². The molecule has 10 heteroatoms. The molecule has 29 heavy (non-hydrogen) atoms. The Hall–Kier alpha value is -2.82. The van der Waals surface area contributed by atoms with Gasteiger partial charge in [0.25, 0.3) is 0 Å². The number of methoxy groups -OCH3 is 1. The molecule has 0 spiro atoms. The van der Waals surface area contributed by atoms with Crippen LogP contribution in [0.3, 0.4) is 0 Å². The first-order valence-electron chi connectivity index (χ1n) is 8.55. The summed E-state index contributed by atoms with van der Waals surface area (Å²) in [4.78, 5) is 21.1. The summed E-state index contributed by atoms with van der Waals surface area (Å²) < 4.78 is 56.4. The molecule has 1 heterocycles. The fourth-order valence-corrected chi connectivity index (χ4v) is 3.10. The first kappa shape index (κ1) is 20.9. The maximum Gasteiger partial charge on any atom is 0.232 e. The number of fused-ring (bicyclic) bond motifs is 1. The zero-order chi connectivity index (χ0) is 21.0. The fourth-order valence-electron chi connectivity index (χ4n) is 2.79. The van der Waals surface area contributed by atoms with Crippen LogP contribution in [-0.2, 0) is 17.7 Å². The summed E-state index contributed by atoms with van der Waals surface area (Å²) in [5, 5.41) is 0. The van der Waals surface area contributed by atoms with E-state index >= 15 is 0 Å². The number of carbonyl (C=O) groups is 1. The second-order valence-corrected chi connectivity index (χ2v) is 6.87. The summed E-state index contributed by atoms with van der Waals surface area (Å²) in [6.45, 7) is 0.142. The van der Waals surface area contributed by atoms with Gasteiger partial charge in [-0.3, -0.25) is 9.00 Å². The van der Waals surface area contributed by atoms with E-state index in [1.807, 2.05) is 0 Å². The Labute approximate surface area is 167 Å². The number of carbonyl (C=O) groups excluding carboxylic acids is 1. The lowest BCUT2D eigenvalue weighted by atomic mass is 9.98. The Morgan fingerprint density at radius 2 is 2.03 bits per heavy atom. The molecule has 1 N–H and O–H groups in total. The van der Waals surface area contributed by atoms with Gasteiger partial charge in [-0.25, -0.2) is 23.5 Å². The van der Waals surface area contributed by atoms with E-state index in [4.69, 9.17) is 4.74 Å². The lowest BCUT2D eigenvalue weighted by Gasteiger charge is -2.10. The number of nitrogens with zero attached hydrogens (tertiary/aromatic N) is 2. The van der Waals surface area contributed by atoms with Gasteiger partial charge in [-0.15, -0.1) is 0 Å². The average molecular weight is 420 g/mol. The molecule has 0 saturated carbocycles. The molecule has 7 nitrogen and oxygen atoms in total. The van der Waals surface area contributed by atoms with Crippen molar-refractivity contribution in [2.45, 2.75) is 12.8 Å². The van der Waals surface area contributed by atoms with Gasteiger partial charge >= 0.3 is 0 Å². The summed E-state index contributed by atoms with van der Waals surface area (Å²) in [5.41, 5.74) is 0.998. The average Bonchev–Trinajstić information content (AvgIpc) is 2.72. The molecular formula is C19H16F2N3O4S-. The molecule has 1 aromatic heterocycles. The highest BCUT2D eigenvalue weighted by Gasteiger charge is 2.19. The SMILES string of the molecule is COc1cnc2ccc(C(=O)c3cc(CCCNS(=O)[O-])cc(F)c3F)cc2n1. The number of ketones is 1. The van der Waals surface area contributed by atoms with Crippen molar-refractivity contribution in [1.82, 2.24) is 14.7 Å². The number of benzene rings is 2. The number of halogens is 2. The van der Waals surface area contributed by atoms with E-state index in [9.17, 15) is 22.3 Å². The number of aromatic nitrogens is 2. The van der Waals surface area contributed by atoms with Crippen LogP contribution in [0, 0.1) is 11.6 Å². The van der Waals surface area contributed by atoms with Crippen molar-refractivity contribution in [3.05, 3.63) is 64.9 Å². The summed E-state index contributed by atoms with van der Waals surface area (Å²) in [5.74, 6) is -2.83. The summed E-state index contributed by atoms with van der Waals surface area (Å²) in [6.07, 6.45) is 2.06. The molecule has 1 unspecified atom stereocenters. The molecule has 0 amide bonds. The highest BCUT2D eigenvalue weighted by Crippen LogP contribution is 2.22. The summed E-state index contributed by atoms with van der Waals surface area (Å²) >= 11 is -2.39. The van der Waals surface area contributed by atoms with E-state index in [-0.39, 0.29) is 24.4 Å². The summed E-state index contributed by atoms with van der Waals surface area (Å²) in [7, 11) is 1.43. The van der Waals surface area contributed by atoms with E-state index in [2.05, 4.69) is 14.7 Å². The van der Waals surface area contributed by atoms with Gasteiger partial charge in [-0.2, -0.15) is 0 Å². The van der Waals surface area contributed by atoms with Gasteiger partial charge in [-0.05, 0) is 48.7 Å². The Morgan fingerprint density at radius 1 is 1.24 bits per heavy atom. The molecule has 152 valence electrons. The molecular weight excluding hydrogens is 404 g/mol. The van der Waals surface area contributed by atoms with Crippen LogP contribution in [0.1, 0.15) is 27.9 Å². The molecule has 0 bridgehead atoms. The van der Waals surface area contributed by atoms with Crippen LogP contribution in [0.5, 0.6) is 5.88 Å². The van der Waals surface area contributed by atoms with Gasteiger partial charge in [0.15, 0.2) is 17.4 Å². The van der Waals surface area contributed by atoms with Gasteiger partial charge in [0, 0.05) is 23.4 Å². The van der Waals surface area contributed by atoms with Crippen LogP contribution < -0.4 is 9.46 Å². The molecule has 1 atom stereocenters. The monoisotopic (exact) mass is 420 g/mol. The van der Waals surface area contributed by atoms with E-state index in [1.54, 1.807) is 6.07 Å². The van der Waals surface area contributed by atoms with E-state index in [1.165, 1.54) is 31.5 Å². The lowest BCUT2D eigenvalue weighted by Crippen LogP contribution is -2.18. The van der Waals surface area contributed by atoms with Crippen LogP contribution in [0.2, 0.25) is 0 Å². The molecule has 2 aromatic carbocycles. The summed E-state index contributed by atoms with van der Waals surface area (Å²) in [6, 6.07) is 6.73. The molecule has 3 rings (SSSR count). The van der Waals surface area contributed by atoms with Gasteiger partial charge < -0.3 is 9.29 Å². The number of hydrogen-bond acceptors (Lipinski definition) is 6. The van der Waals surface area contributed by atoms with Crippen molar-refractivity contribution in [1.29, 1.82) is 0 Å². The third-order valence-electron chi connectivity index (χ3n) is 4.19. The van der Waals surface area contributed by atoms with Crippen LogP contribution in [-0.4, -0.2) is 38.2 Å². The third kappa shape index (κ3) is 4.97. The van der Waals surface area contributed by atoms with Crippen molar-refractivity contribution < 1.29 is 27.1 Å². The Bertz CT molecular complexity index is 1090. The normalized spacial score (nSPS) is 12.1. The maximum atomic E-state index is 14.3. The first-order chi connectivity index (χ1) is 13.9. The van der Waals surface area contributed by atoms with Crippen LogP contribution in [0.4, 0.5) is 8.78 Å². The minimum absolute atomic E-state index is 0.124. The Balaban J connectivity index is 1.89. The number of rotatable bonds is 8. The zero-order valence-corrected chi connectivity index (χ0v) is 16.1. The van der Waals surface area contributed by atoms with Crippen LogP contribution in [0.25, 0.3) is 11.0 Å².